The molecule has 0 spiro atoms. The van der Waals surface area contributed by atoms with Crippen molar-refractivity contribution in [2.24, 2.45) is 0 Å². The number of hydrogen-bond acceptors (Lipinski definition) is 2. The van der Waals surface area contributed by atoms with E-state index in [0.29, 0.717) is 12.1 Å². The molecule has 0 amide bonds. The summed E-state index contributed by atoms with van der Waals surface area (Å²) in [4.78, 5) is 16.2. The molecule has 1 N–H and O–H groups in total. The van der Waals surface area contributed by atoms with Crippen LogP contribution in [-0.4, -0.2) is 25.2 Å². The predicted molar refractivity (Wildman–Crippen MR) is 121 cm³/mol. The summed E-state index contributed by atoms with van der Waals surface area (Å²) in [5.41, 5.74) is 5.21. The smallest absolute Gasteiger partial charge is 0.335 e. The lowest BCUT2D eigenvalue weighted by molar-refractivity contribution is 0.0697. The van der Waals surface area contributed by atoms with Crippen molar-refractivity contribution in [1.82, 2.24) is 14.1 Å². The first-order chi connectivity index (χ1) is 14.6. The van der Waals surface area contributed by atoms with Crippen LogP contribution in [0.5, 0.6) is 0 Å². The van der Waals surface area contributed by atoms with Crippen molar-refractivity contribution in [3.8, 4) is 11.4 Å². The van der Waals surface area contributed by atoms with E-state index in [-0.39, 0.29) is 5.56 Å². The highest BCUT2D eigenvalue weighted by Gasteiger charge is 2.16. The molecular formula is C25H21N3O2. The summed E-state index contributed by atoms with van der Waals surface area (Å²) in [5, 5.41) is 11.7. The molecule has 0 aliphatic heterocycles. The molecule has 5 aromatic rings. The third kappa shape index (κ3) is 2.63. The average Bonchev–Trinajstić information content (AvgIpc) is 3.28. The molecule has 0 unspecified atom stereocenters. The maximum Gasteiger partial charge on any atom is 0.335 e. The third-order valence-electron chi connectivity index (χ3n) is 5.65. The number of aryl methyl sites for hydroxylation is 1. The SMILES string of the molecule is C=CCn1c(-c2ccc3c(c2)c2ccccc2n3CC)nc2cc(C(=O)O)ccc21. The fraction of sp³-hybridized carbons (Fsp3) is 0.120. The Morgan fingerprint density at radius 2 is 1.77 bits per heavy atom. The van der Waals surface area contributed by atoms with Crippen molar-refractivity contribution in [3.05, 3.63) is 78.9 Å². The number of benzene rings is 3. The molecule has 0 fully saturated rings. The van der Waals surface area contributed by atoms with Crippen LogP contribution in [-0.2, 0) is 13.1 Å². The molecule has 5 nitrogen and oxygen atoms in total. The van der Waals surface area contributed by atoms with Crippen LogP contribution in [0.3, 0.4) is 0 Å². The Bertz CT molecular complexity index is 1460. The van der Waals surface area contributed by atoms with Gasteiger partial charge in [-0.15, -0.1) is 6.58 Å². The normalized spacial score (nSPS) is 11.5. The van der Waals surface area contributed by atoms with Crippen LogP contribution in [0.2, 0.25) is 0 Å². The van der Waals surface area contributed by atoms with Gasteiger partial charge in [-0.3, -0.25) is 0 Å². The summed E-state index contributed by atoms with van der Waals surface area (Å²) in [6, 6.07) is 19.9. The van der Waals surface area contributed by atoms with Gasteiger partial charge in [0.15, 0.2) is 0 Å². The number of carboxylic acid groups (broad SMARTS) is 1. The van der Waals surface area contributed by atoms with E-state index in [1.54, 1.807) is 12.1 Å². The summed E-state index contributed by atoms with van der Waals surface area (Å²) in [5.74, 6) is -0.145. The van der Waals surface area contributed by atoms with Gasteiger partial charge >= 0.3 is 5.97 Å². The number of aromatic carboxylic acids is 1. The molecule has 2 heterocycles. The Morgan fingerprint density at radius 1 is 1.00 bits per heavy atom. The van der Waals surface area contributed by atoms with E-state index in [4.69, 9.17) is 4.98 Å². The molecule has 0 saturated heterocycles. The number of rotatable bonds is 5. The zero-order chi connectivity index (χ0) is 20.8. The van der Waals surface area contributed by atoms with Gasteiger partial charge in [0.2, 0.25) is 0 Å². The molecule has 0 aliphatic rings. The minimum absolute atomic E-state index is 0.235. The fourth-order valence-corrected chi connectivity index (χ4v) is 4.33. The van der Waals surface area contributed by atoms with Gasteiger partial charge in [-0.25, -0.2) is 9.78 Å². The number of nitrogens with zero attached hydrogens (tertiary/aromatic N) is 3. The van der Waals surface area contributed by atoms with E-state index < -0.39 is 5.97 Å². The van der Waals surface area contributed by atoms with Crippen LogP contribution < -0.4 is 0 Å². The Kier molecular flexibility index (Phi) is 4.17. The zero-order valence-corrected chi connectivity index (χ0v) is 16.7. The van der Waals surface area contributed by atoms with Crippen LogP contribution in [0, 0.1) is 0 Å². The summed E-state index contributed by atoms with van der Waals surface area (Å²) in [6.45, 7) is 7.53. The van der Waals surface area contributed by atoms with Crippen molar-refractivity contribution < 1.29 is 9.90 Å². The Hall–Kier alpha value is -3.86. The number of para-hydroxylation sites is 1. The number of hydrogen-bond donors (Lipinski definition) is 1. The Balaban J connectivity index is 1.78. The molecule has 2 aromatic heterocycles. The first-order valence-corrected chi connectivity index (χ1v) is 9.98. The first kappa shape index (κ1) is 18.2. The molecule has 0 atom stereocenters. The highest BCUT2D eigenvalue weighted by Crippen LogP contribution is 2.33. The molecular weight excluding hydrogens is 374 g/mol. The van der Waals surface area contributed by atoms with Gasteiger partial charge in [-0.2, -0.15) is 0 Å². The third-order valence-corrected chi connectivity index (χ3v) is 5.65. The van der Waals surface area contributed by atoms with Crippen LogP contribution in [0.15, 0.2) is 73.3 Å². The van der Waals surface area contributed by atoms with Crippen molar-refractivity contribution in [3.63, 3.8) is 0 Å². The number of aromatic nitrogens is 3. The summed E-state index contributed by atoms with van der Waals surface area (Å²) in [7, 11) is 0. The summed E-state index contributed by atoms with van der Waals surface area (Å²) in [6.07, 6.45) is 1.83. The molecule has 148 valence electrons. The standard InChI is InChI=1S/C25H21N3O2/c1-3-13-28-23-12-10-17(25(29)30)15-20(23)26-24(28)16-9-11-22-19(14-16)18-7-5-6-8-21(18)27(22)4-2/h3,5-12,14-15H,1,4,13H2,2H3,(H,29,30). The average molecular weight is 395 g/mol. The van der Waals surface area contributed by atoms with E-state index in [9.17, 15) is 9.90 Å². The molecule has 30 heavy (non-hydrogen) atoms. The van der Waals surface area contributed by atoms with Gasteiger partial charge < -0.3 is 14.2 Å². The van der Waals surface area contributed by atoms with Crippen LogP contribution in [0.25, 0.3) is 44.2 Å². The number of allylic oxidation sites excluding steroid dienone is 1. The van der Waals surface area contributed by atoms with Crippen molar-refractivity contribution in [2.75, 3.05) is 0 Å². The quantitative estimate of drug-likeness (QED) is 0.388. The van der Waals surface area contributed by atoms with Gasteiger partial charge in [0.1, 0.15) is 5.82 Å². The second-order valence-electron chi connectivity index (χ2n) is 7.34. The number of carboxylic acids is 1. The van der Waals surface area contributed by atoms with Gasteiger partial charge in [0, 0.05) is 40.5 Å². The summed E-state index contributed by atoms with van der Waals surface area (Å²) < 4.78 is 4.40. The molecule has 3 aromatic carbocycles. The maximum atomic E-state index is 11.4. The first-order valence-electron chi connectivity index (χ1n) is 9.98. The molecule has 0 bridgehead atoms. The Labute approximate surface area is 173 Å². The monoisotopic (exact) mass is 395 g/mol. The minimum Gasteiger partial charge on any atom is -0.478 e. The largest absolute Gasteiger partial charge is 0.478 e. The van der Waals surface area contributed by atoms with Gasteiger partial charge in [-0.1, -0.05) is 24.3 Å². The van der Waals surface area contributed by atoms with E-state index in [1.807, 2.05) is 12.1 Å². The Morgan fingerprint density at radius 3 is 2.53 bits per heavy atom. The summed E-state index contributed by atoms with van der Waals surface area (Å²) >= 11 is 0. The molecule has 0 aliphatic carbocycles. The van der Waals surface area contributed by atoms with E-state index in [0.717, 1.165) is 23.4 Å². The van der Waals surface area contributed by atoms with Gasteiger partial charge in [0.25, 0.3) is 0 Å². The molecule has 5 rings (SSSR count). The van der Waals surface area contributed by atoms with Gasteiger partial charge in [-0.05, 0) is 49.4 Å². The number of fused-ring (bicyclic) bond motifs is 4. The van der Waals surface area contributed by atoms with Crippen LogP contribution in [0.4, 0.5) is 0 Å². The van der Waals surface area contributed by atoms with Crippen LogP contribution >= 0.6 is 0 Å². The molecule has 5 heteroatoms. The van der Waals surface area contributed by atoms with E-state index in [2.05, 4.69) is 65.1 Å². The van der Waals surface area contributed by atoms with Gasteiger partial charge in [0.05, 0.1) is 16.6 Å². The predicted octanol–water partition coefficient (Wildman–Crippen LogP) is 5.72. The topological polar surface area (TPSA) is 60.0 Å². The lowest BCUT2D eigenvalue weighted by Gasteiger charge is -2.08. The molecule has 0 radical (unpaired) electrons. The van der Waals surface area contributed by atoms with Crippen molar-refractivity contribution in [1.29, 1.82) is 0 Å². The fourth-order valence-electron chi connectivity index (χ4n) is 4.33. The van der Waals surface area contributed by atoms with Crippen LogP contribution in [0.1, 0.15) is 17.3 Å². The highest BCUT2D eigenvalue weighted by atomic mass is 16.4. The minimum atomic E-state index is -0.953. The highest BCUT2D eigenvalue weighted by molar-refractivity contribution is 6.09. The van der Waals surface area contributed by atoms with E-state index >= 15 is 0 Å². The zero-order valence-electron chi connectivity index (χ0n) is 16.7. The second kappa shape index (κ2) is 6.88. The van der Waals surface area contributed by atoms with Crippen molar-refractivity contribution in [2.45, 2.75) is 20.0 Å². The second-order valence-corrected chi connectivity index (χ2v) is 7.34. The number of carbonyl (C=O) groups is 1. The molecule has 0 saturated carbocycles. The maximum absolute atomic E-state index is 11.4. The lowest BCUT2D eigenvalue weighted by Crippen LogP contribution is -1.99. The lowest BCUT2D eigenvalue weighted by atomic mass is 10.1. The van der Waals surface area contributed by atoms with E-state index in [1.165, 1.54) is 21.8 Å². The number of imidazole rings is 1. The van der Waals surface area contributed by atoms with Crippen molar-refractivity contribution >= 4 is 38.8 Å².